The van der Waals surface area contributed by atoms with E-state index >= 15 is 0 Å². The molecule has 108 valence electrons. The first kappa shape index (κ1) is 14.4. The fraction of sp³-hybridized carbons (Fsp3) is 0. The molecule has 2 aromatic rings. The largest absolute Gasteiger partial charge is 0.370 e. The summed E-state index contributed by atoms with van der Waals surface area (Å²) in [4.78, 5) is 7.66. The zero-order valence-electron chi connectivity index (χ0n) is 10.9. The second kappa shape index (κ2) is 6.00. The molecule has 0 radical (unpaired) electrons. The second-order valence-electron chi connectivity index (χ2n) is 4.15. The molecule has 7 heteroatoms. The van der Waals surface area contributed by atoms with Crippen molar-refractivity contribution in [2.45, 2.75) is 0 Å². The fourth-order valence-corrected chi connectivity index (χ4v) is 1.76. The van der Waals surface area contributed by atoms with Gasteiger partial charge in [-0.2, -0.15) is 4.99 Å². The lowest BCUT2D eigenvalue weighted by Gasteiger charge is -2.06. The van der Waals surface area contributed by atoms with Crippen molar-refractivity contribution in [3.8, 4) is 11.1 Å². The van der Waals surface area contributed by atoms with Crippen LogP contribution in [0.3, 0.4) is 0 Å². The van der Waals surface area contributed by atoms with Crippen LogP contribution >= 0.6 is 0 Å². The number of guanidine groups is 2. The molecular formula is C14H13F2N5. The molecule has 21 heavy (non-hydrogen) atoms. The standard InChI is InChI=1S/C14H13F2N5/c15-10-6-5-8(7-11(10)16)9-3-1-2-4-12(9)20-14(19)21-13(17)18/h1-7H,(H6,17,18,19,20,21). The molecular weight excluding hydrogens is 276 g/mol. The Hall–Kier alpha value is -2.96. The van der Waals surface area contributed by atoms with Gasteiger partial charge in [-0.3, -0.25) is 0 Å². The van der Waals surface area contributed by atoms with Gasteiger partial charge in [-0.25, -0.2) is 13.8 Å². The highest BCUT2D eigenvalue weighted by Gasteiger charge is 2.08. The Morgan fingerprint density at radius 2 is 1.62 bits per heavy atom. The predicted octanol–water partition coefficient (Wildman–Crippen LogP) is 1.85. The lowest BCUT2D eigenvalue weighted by Crippen LogP contribution is -2.26. The Labute approximate surface area is 119 Å². The fourth-order valence-electron chi connectivity index (χ4n) is 1.76. The number of benzene rings is 2. The SMILES string of the molecule is NC(N)=NC(N)=Nc1ccccc1-c1ccc(F)c(F)c1. The van der Waals surface area contributed by atoms with Crippen molar-refractivity contribution >= 4 is 17.6 Å². The summed E-state index contributed by atoms with van der Waals surface area (Å²) in [6.07, 6.45) is 0. The van der Waals surface area contributed by atoms with Crippen LogP contribution in [0, 0.1) is 11.6 Å². The van der Waals surface area contributed by atoms with E-state index in [2.05, 4.69) is 9.98 Å². The smallest absolute Gasteiger partial charge is 0.223 e. The lowest BCUT2D eigenvalue weighted by atomic mass is 10.0. The number of nitrogens with zero attached hydrogens (tertiary/aromatic N) is 2. The molecule has 0 heterocycles. The van der Waals surface area contributed by atoms with Gasteiger partial charge in [0.1, 0.15) is 0 Å². The average molecular weight is 289 g/mol. The van der Waals surface area contributed by atoms with E-state index in [4.69, 9.17) is 17.2 Å². The molecule has 0 aliphatic heterocycles. The summed E-state index contributed by atoms with van der Waals surface area (Å²) in [5.74, 6) is -2.21. The van der Waals surface area contributed by atoms with Crippen LogP contribution in [-0.4, -0.2) is 11.9 Å². The molecule has 0 saturated heterocycles. The van der Waals surface area contributed by atoms with Gasteiger partial charge in [-0.05, 0) is 23.8 Å². The minimum absolute atomic E-state index is 0.134. The highest BCUT2D eigenvalue weighted by molar-refractivity contribution is 5.94. The van der Waals surface area contributed by atoms with E-state index in [1.54, 1.807) is 24.3 Å². The number of hydrogen-bond donors (Lipinski definition) is 3. The molecule has 5 nitrogen and oxygen atoms in total. The van der Waals surface area contributed by atoms with E-state index in [1.807, 2.05) is 0 Å². The number of aliphatic imine (C=N–C) groups is 2. The van der Waals surface area contributed by atoms with Gasteiger partial charge in [0.25, 0.3) is 0 Å². The number of halogens is 2. The Morgan fingerprint density at radius 3 is 2.29 bits per heavy atom. The third-order valence-electron chi connectivity index (χ3n) is 2.61. The topological polar surface area (TPSA) is 103 Å². The van der Waals surface area contributed by atoms with Gasteiger partial charge < -0.3 is 17.2 Å². The highest BCUT2D eigenvalue weighted by atomic mass is 19.2. The van der Waals surface area contributed by atoms with Crippen LogP contribution in [0.1, 0.15) is 0 Å². The van der Waals surface area contributed by atoms with Gasteiger partial charge in [-0.15, -0.1) is 0 Å². The minimum Gasteiger partial charge on any atom is -0.370 e. The van der Waals surface area contributed by atoms with Crippen molar-refractivity contribution in [2.75, 3.05) is 0 Å². The van der Waals surface area contributed by atoms with E-state index in [1.165, 1.54) is 6.07 Å². The van der Waals surface area contributed by atoms with Crippen molar-refractivity contribution < 1.29 is 8.78 Å². The van der Waals surface area contributed by atoms with E-state index in [0.29, 0.717) is 16.8 Å². The molecule has 0 unspecified atom stereocenters. The molecule has 0 aliphatic rings. The number of para-hydroxylation sites is 1. The predicted molar refractivity (Wildman–Crippen MR) is 78.9 cm³/mol. The van der Waals surface area contributed by atoms with Gasteiger partial charge >= 0.3 is 0 Å². The summed E-state index contributed by atoms with van der Waals surface area (Å²) in [5, 5.41) is 0. The number of hydrogen-bond acceptors (Lipinski definition) is 1. The van der Waals surface area contributed by atoms with Gasteiger partial charge in [0.05, 0.1) is 5.69 Å². The lowest BCUT2D eigenvalue weighted by molar-refractivity contribution is 0.509. The number of rotatable bonds is 2. The quantitative estimate of drug-likeness (QED) is 0.580. The van der Waals surface area contributed by atoms with Crippen molar-refractivity contribution in [3.05, 3.63) is 54.1 Å². The van der Waals surface area contributed by atoms with E-state index < -0.39 is 11.6 Å². The Kier molecular flexibility index (Phi) is 4.13. The van der Waals surface area contributed by atoms with Gasteiger partial charge in [0.2, 0.25) is 5.96 Å². The van der Waals surface area contributed by atoms with Crippen LogP contribution in [-0.2, 0) is 0 Å². The second-order valence-corrected chi connectivity index (χ2v) is 4.15. The molecule has 0 fully saturated rings. The van der Waals surface area contributed by atoms with Crippen LogP contribution < -0.4 is 17.2 Å². The van der Waals surface area contributed by atoms with Crippen molar-refractivity contribution in [3.63, 3.8) is 0 Å². The third kappa shape index (κ3) is 3.53. The van der Waals surface area contributed by atoms with Crippen LogP contribution in [0.25, 0.3) is 11.1 Å². The molecule has 0 bridgehead atoms. The molecule has 0 saturated carbocycles. The molecule has 0 atom stereocenters. The van der Waals surface area contributed by atoms with E-state index in [9.17, 15) is 8.78 Å². The monoisotopic (exact) mass is 289 g/mol. The van der Waals surface area contributed by atoms with Gasteiger partial charge in [0.15, 0.2) is 17.6 Å². The zero-order valence-corrected chi connectivity index (χ0v) is 10.9. The Balaban J connectivity index is 2.51. The highest BCUT2D eigenvalue weighted by Crippen LogP contribution is 2.30. The normalized spacial score (nSPS) is 11.2. The van der Waals surface area contributed by atoms with Crippen LogP contribution in [0.5, 0.6) is 0 Å². The maximum atomic E-state index is 13.3. The molecule has 6 N–H and O–H groups in total. The van der Waals surface area contributed by atoms with E-state index in [0.717, 1.165) is 12.1 Å². The number of nitrogens with two attached hydrogens (primary N) is 3. The third-order valence-corrected chi connectivity index (χ3v) is 2.61. The maximum absolute atomic E-state index is 13.3. The summed E-state index contributed by atoms with van der Waals surface area (Å²) in [7, 11) is 0. The summed E-state index contributed by atoms with van der Waals surface area (Å²) in [6, 6.07) is 10.4. The van der Waals surface area contributed by atoms with Crippen molar-refractivity contribution in [2.24, 2.45) is 27.2 Å². The van der Waals surface area contributed by atoms with Gasteiger partial charge in [-0.1, -0.05) is 24.3 Å². The summed E-state index contributed by atoms with van der Waals surface area (Å²) in [5.41, 5.74) is 17.5. The Bertz CT molecular complexity index is 721. The van der Waals surface area contributed by atoms with Crippen molar-refractivity contribution in [1.82, 2.24) is 0 Å². The average Bonchev–Trinajstić information content (AvgIpc) is 2.41. The molecule has 0 aromatic heterocycles. The Morgan fingerprint density at radius 1 is 0.905 bits per heavy atom. The van der Waals surface area contributed by atoms with E-state index in [-0.39, 0.29) is 11.9 Å². The van der Waals surface area contributed by atoms with Crippen LogP contribution in [0.15, 0.2) is 52.4 Å². The molecule has 2 aromatic carbocycles. The molecule has 0 amide bonds. The first-order chi connectivity index (χ1) is 9.97. The van der Waals surface area contributed by atoms with Crippen LogP contribution in [0.4, 0.5) is 14.5 Å². The molecule has 0 aliphatic carbocycles. The first-order valence-corrected chi connectivity index (χ1v) is 5.95. The zero-order chi connectivity index (χ0) is 15.4. The summed E-state index contributed by atoms with van der Waals surface area (Å²) < 4.78 is 26.3. The van der Waals surface area contributed by atoms with Crippen molar-refractivity contribution in [1.29, 1.82) is 0 Å². The van der Waals surface area contributed by atoms with Gasteiger partial charge in [0, 0.05) is 5.56 Å². The van der Waals surface area contributed by atoms with Crippen LogP contribution in [0.2, 0.25) is 0 Å². The molecule has 0 spiro atoms. The summed E-state index contributed by atoms with van der Waals surface area (Å²) in [6.45, 7) is 0. The first-order valence-electron chi connectivity index (χ1n) is 5.95. The minimum atomic E-state index is -0.941. The maximum Gasteiger partial charge on any atom is 0.223 e. The summed E-state index contributed by atoms with van der Waals surface area (Å²) >= 11 is 0. The molecule has 2 rings (SSSR count).